The number of pyridine rings is 2. The molecule has 1 aromatic carbocycles. The highest BCUT2D eigenvalue weighted by Gasteiger charge is 2.12. The van der Waals surface area contributed by atoms with Gasteiger partial charge >= 0.3 is 0 Å². The van der Waals surface area contributed by atoms with E-state index in [1.54, 1.807) is 17.5 Å². The molecule has 0 fully saturated rings. The minimum absolute atomic E-state index is 0.942. The summed E-state index contributed by atoms with van der Waals surface area (Å²) in [5.41, 5.74) is 7.13. The zero-order chi connectivity index (χ0) is 16.5. The molecule has 0 atom stereocenters. The molecule has 4 rings (SSSR count). The van der Waals surface area contributed by atoms with Gasteiger partial charge in [0.15, 0.2) is 0 Å². The van der Waals surface area contributed by atoms with Crippen molar-refractivity contribution in [1.29, 1.82) is 0 Å². The summed E-state index contributed by atoms with van der Waals surface area (Å²) < 4.78 is 1.16. The topological polar surface area (TPSA) is 41.9 Å². The van der Waals surface area contributed by atoms with E-state index in [0.29, 0.717) is 0 Å². The highest BCUT2D eigenvalue weighted by Crippen LogP contribution is 2.35. The second-order valence-corrected chi connectivity index (χ2v) is 6.60. The molecule has 5 heteroatoms. The molecule has 24 heavy (non-hydrogen) atoms. The third kappa shape index (κ3) is 2.63. The largest absolute Gasteiger partial charge is 0.363 e. The number of nitrogens with zero attached hydrogens (tertiary/aromatic N) is 4. The predicted molar refractivity (Wildman–Crippen MR) is 100 cm³/mol. The number of thiazole rings is 1. The van der Waals surface area contributed by atoms with Crippen LogP contribution >= 0.6 is 11.3 Å². The smallest absolute Gasteiger partial charge is 0.128 e. The average Bonchev–Trinajstić information content (AvgIpc) is 3.10. The van der Waals surface area contributed by atoms with E-state index in [2.05, 4.69) is 34.2 Å². The van der Waals surface area contributed by atoms with E-state index in [1.807, 2.05) is 48.9 Å². The quantitative estimate of drug-likeness (QED) is 0.554. The summed E-state index contributed by atoms with van der Waals surface area (Å²) in [6, 6.07) is 14.4. The lowest BCUT2D eigenvalue weighted by atomic mass is 10.0. The van der Waals surface area contributed by atoms with Gasteiger partial charge in [0.2, 0.25) is 0 Å². The first-order valence-electron chi connectivity index (χ1n) is 7.65. The summed E-state index contributed by atoms with van der Waals surface area (Å²) in [4.78, 5) is 15.5. The second-order valence-electron chi connectivity index (χ2n) is 5.74. The first-order valence-corrected chi connectivity index (χ1v) is 8.53. The van der Waals surface area contributed by atoms with Crippen molar-refractivity contribution in [1.82, 2.24) is 15.0 Å². The number of anilines is 1. The first kappa shape index (κ1) is 14.8. The summed E-state index contributed by atoms with van der Waals surface area (Å²) in [7, 11) is 4.00. The number of hydrogen-bond acceptors (Lipinski definition) is 5. The minimum atomic E-state index is 0.942. The third-order valence-corrected chi connectivity index (χ3v) is 4.77. The molecule has 0 saturated heterocycles. The molecule has 0 aliphatic carbocycles. The molecule has 0 saturated carbocycles. The van der Waals surface area contributed by atoms with Crippen molar-refractivity contribution < 1.29 is 0 Å². The van der Waals surface area contributed by atoms with E-state index in [0.717, 1.165) is 38.4 Å². The maximum absolute atomic E-state index is 4.80. The number of fused-ring (bicyclic) bond motifs is 1. The molecule has 0 radical (unpaired) electrons. The van der Waals surface area contributed by atoms with Crippen LogP contribution in [0, 0.1) is 0 Å². The predicted octanol–water partition coefficient (Wildman–Crippen LogP) is 4.49. The molecule has 0 spiro atoms. The van der Waals surface area contributed by atoms with Crippen molar-refractivity contribution in [3.05, 3.63) is 60.4 Å². The van der Waals surface area contributed by atoms with Crippen LogP contribution in [0.15, 0.2) is 60.4 Å². The van der Waals surface area contributed by atoms with Crippen LogP contribution in [0.4, 0.5) is 5.82 Å². The van der Waals surface area contributed by atoms with Gasteiger partial charge in [-0.15, -0.1) is 11.3 Å². The summed E-state index contributed by atoms with van der Waals surface area (Å²) in [6.45, 7) is 0. The molecule has 0 aliphatic heterocycles. The van der Waals surface area contributed by atoms with Gasteiger partial charge in [0.25, 0.3) is 0 Å². The van der Waals surface area contributed by atoms with Crippen LogP contribution in [0.25, 0.3) is 32.6 Å². The molecule has 4 nitrogen and oxygen atoms in total. The van der Waals surface area contributed by atoms with E-state index < -0.39 is 0 Å². The van der Waals surface area contributed by atoms with Crippen LogP contribution in [-0.4, -0.2) is 29.0 Å². The van der Waals surface area contributed by atoms with Gasteiger partial charge in [0.1, 0.15) is 5.82 Å². The molecule has 3 heterocycles. The molecular formula is C19H16N4S. The number of hydrogen-bond donors (Lipinski definition) is 0. The molecular weight excluding hydrogens is 316 g/mol. The van der Waals surface area contributed by atoms with E-state index in [-0.39, 0.29) is 0 Å². The van der Waals surface area contributed by atoms with Crippen molar-refractivity contribution >= 4 is 27.4 Å². The summed E-state index contributed by atoms with van der Waals surface area (Å²) in [5.74, 6) is 0.942. The van der Waals surface area contributed by atoms with Gasteiger partial charge in [0.05, 0.1) is 21.4 Å². The highest BCUT2D eigenvalue weighted by molar-refractivity contribution is 7.17. The number of benzene rings is 1. The third-order valence-electron chi connectivity index (χ3n) is 3.90. The van der Waals surface area contributed by atoms with Crippen molar-refractivity contribution in [2.45, 2.75) is 0 Å². The van der Waals surface area contributed by atoms with Gasteiger partial charge < -0.3 is 4.90 Å². The Balaban J connectivity index is 1.94. The van der Waals surface area contributed by atoms with Crippen LogP contribution < -0.4 is 4.90 Å². The monoisotopic (exact) mass is 332 g/mol. The SMILES string of the molecule is CN(C)c1cccc(-c2cc(-c3cccnc3)cc3ncsc23)n1. The fourth-order valence-electron chi connectivity index (χ4n) is 2.68. The number of aromatic nitrogens is 3. The Morgan fingerprint density at radius 2 is 1.92 bits per heavy atom. The fourth-order valence-corrected chi connectivity index (χ4v) is 3.48. The van der Waals surface area contributed by atoms with Gasteiger partial charge in [-0.3, -0.25) is 4.98 Å². The van der Waals surface area contributed by atoms with Crippen LogP contribution in [-0.2, 0) is 0 Å². The molecule has 0 N–H and O–H groups in total. The van der Waals surface area contributed by atoms with Gasteiger partial charge in [-0.05, 0) is 35.9 Å². The van der Waals surface area contributed by atoms with Gasteiger partial charge in [-0.2, -0.15) is 0 Å². The van der Waals surface area contributed by atoms with Crippen molar-refractivity contribution in [2.75, 3.05) is 19.0 Å². The van der Waals surface area contributed by atoms with Crippen LogP contribution in [0.1, 0.15) is 0 Å². The fraction of sp³-hybridized carbons (Fsp3) is 0.105. The van der Waals surface area contributed by atoms with Crippen LogP contribution in [0.3, 0.4) is 0 Å². The van der Waals surface area contributed by atoms with Crippen molar-refractivity contribution in [3.8, 4) is 22.4 Å². The highest BCUT2D eigenvalue weighted by atomic mass is 32.1. The lowest BCUT2D eigenvalue weighted by Crippen LogP contribution is -2.10. The van der Waals surface area contributed by atoms with E-state index >= 15 is 0 Å². The molecule has 4 aromatic rings. The Bertz CT molecular complexity index is 993. The van der Waals surface area contributed by atoms with Crippen molar-refractivity contribution in [3.63, 3.8) is 0 Å². The molecule has 118 valence electrons. The standard InChI is InChI=1S/C19H16N4S/c1-23(2)18-7-3-6-16(22-18)15-9-14(13-5-4-8-20-11-13)10-17-19(15)24-12-21-17/h3-12H,1-2H3. The lowest BCUT2D eigenvalue weighted by Gasteiger charge is -2.13. The Kier molecular flexibility index (Phi) is 3.70. The maximum atomic E-state index is 4.80. The molecule has 0 amide bonds. The van der Waals surface area contributed by atoms with Crippen LogP contribution in [0.5, 0.6) is 0 Å². The Labute approximate surface area is 144 Å². The minimum Gasteiger partial charge on any atom is -0.363 e. The Morgan fingerprint density at radius 1 is 1.00 bits per heavy atom. The number of rotatable bonds is 3. The zero-order valence-electron chi connectivity index (χ0n) is 13.5. The second kappa shape index (κ2) is 6.02. The first-order chi connectivity index (χ1) is 11.7. The molecule has 0 aliphatic rings. The van der Waals surface area contributed by atoms with Gasteiger partial charge in [-0.25, -0.2) is 9.97 Å². The van der Waals surface area contributed by atoms with Crippen LogP contribution in [0.2, 0.25) is 0 Å². The van der Waals surface area contributed by atoms with Crippen molar-refractivity contribution in [2.24, 2.45) is 0 Å². The lowest BCUT2D eigenvalue weighted by molar-refractivity contribution is 1.07. The average molecular weight is 332 g/mol. The summed E-state index contributed by atoms with van der Waals surface area (Å²) >= 11 is 1.65. The van der Waals surface area contributed by atoms with E-state index in [1.165, 1.54) is 0 Å². The zero-order valence-corrected chi connectivity index (χ0v) is 14.3. The molecule has 0 unspecified atom stereocenters. The van der Waals surface area contributed by atoms with Gasteiger partial charge in [-0.1, -0.05) is 12.1 Å². The Morgan fingerprint density at radius 3 is 2.71 bits per heavy atom. The summed E-state index contributed by atoms with van der Waals surface area (Å²) in [6.07, 6.45) is 3.66. The van der Waals surface area contributed by atoms with Gasteiger partial charge in [0, 0.05) is 37.6 Å². The van der Waals surface area contributed by atoms with E-state index in [4.69, 9.17) is 4.98 Å². The maximum Gasteiger partial charge on any atom is 0.128 e. The molecule has 0 bridgehead atoms. The Hall–Kier alpha value is -2.79. The molecule has 3 aromatic heterocycles. The normalized spacial score (nSPS) is 10.9. The van der Waals surface area contributed by atoms with E-state index in [9.17, 15) is 0 Å². The summed E-state index contributed by atoms with van der Waals surface area (Å²) in [5, 5.41) is 0.